The van der Waals surface area contributed by atoms with Crippen LogP contribution in [0.5, 0.6) is 17.2 Å². The van der Waals surface area contributed by atoms with E-state index in [-0.39, 0.29) is 63.9 Å². The second-order valence-electron chi connectivity index (χ2n) is 17.5. The lowest BCUT2D eigenvalue weighted by Crippen LogP contribution is -2.56. The van der Waals surface area contributed by atoms with Crippen LogP contribution in [0.1, 0.15) is 90.8 Å². The van der Waals surface area contributed by atoms with Crippen molar-refractivity contribution < 1.29 is 38.2 Å². The van der Waals surface area contributed by atoms with Crippen molar-refractivity contribution in [1.29, 1.82) is 5.26 Å². The minimum Gasteiger partial charge on any atom is -0.492 e. The number of nitrogens with two attached hydrogens (primary N) is 3. The van der Waals surface area contributed by atoms with Gasteiger partial charge in [0.2, 0.25) is 23.6 Å². The number of rotatable bonds is 17. The molecule has 0 spiro atoms. The van der Waals surface area contributed by atoms with E-state index in [1.807, 2.05) is 30.3 Å². The number of aryl methyl sites for hydroxylation is 2. The highest BCUT2D eigenvalue weighted by Gasteiger charge is 2.36. The molecule has 2 heterocycles. The standard InChI is InChI=1S/C51H65N11O8/c1-30-44(31(2)58-46(57-30)34-12-15-37(16-13-34)70-36-9-7-5-6-8-10-36)49(65)60-40(19-20-52)51(67)62(4)45-35-14-18-43(69-26-23-55)39(29-35)38-27-33(11-17-42(38)68-25-22-54)28-41(48(64)56-24-21-53)61-47(63)32(3)59-50(45)66/h11-18,27,29,32,36,40-41,45H,5-10,19-20,22-26,28,52,54-55H2,1-4H3,(H,56,64)(H,59,66)(H,60,65)(H,61,63). The largest absolute Gasteiger partial charge is 0.492 e. The highest BCUT2D eigenvalue weighted by atomic mass is 16.5. The van der Waals surface area contributed by atoms with Crippen LogP contribution in [0.2, 0.25) is 0 Å². The molecule has 19 nitrogen and oxygen atoms in total. The van der Waals surface area contributed by atoms with E-state index in [4.69, 9.17) is 31.4 Å². The number of amides is 5. The van der Waals surface area contributed by atoms with Crippen molar-refractivity contribution in [2.75, 3.05) is 46.4 Å². The van der Waals surface area contributed by atoms with Gasteiger partial charge < -0.3 is 57.6 Å². The number of carbonyl (C=O) groups is 5. The average Bonchev–Trinajstić information content (AvgIpc) is 3.62. The van der Waals surface area contributed by atoms with Gasteiger partial charge in [-0.15, -0.1) is 0 Å². The Morgan fingerprint density at radius 3 is 2.09 bits per heavy atom. The number of nitrogens with zero attached hydrogens (tertiary/aromatic N) is 4. The van der Waals surface area contributed by atoms with Crippen LogP contribution >= 0.6 is 0 Å². The maximum absolute atomic E-state index is 14.8. The first-order valence-electron chi connectivity index (χ1n) is 23.8. The number of aromatic nitrogens is 2. The smallest absolute Gasteiger partial charge is 0.255 e. The third kappa shape index (κ3) is 13.1. The van der Waals surface area contributed by atoms with E-state index in [1.165, 1.54) is 31.7 Å². The van der Waals surface area contributed by atoms with Crippen molar-refractivity contribution in [1.82, 2.24) is 36.1 Å². The third-order valence-corrected chi connectivity index (χ3v) is 12.3. The Morgan fingerprint density at radius 2 is 1.47 bits per heavy atom. The lowest BCUT2D eigenvalue weighted by molar-refractivity contribution is -0.141. The first-order chi connectivity index (χ1) is 33.8. The molecule has 0 saturated heterocycles. The van der Waals surface area contributed by atoms with Gasteiger partial charge in [-0.2, -0.15) is 5.26 Å². The summed E-state index contributed by atoms with van der Waals surface area (Å²) in [5, 5.41) is 20.0. The predicted octanol–water partition coefficient (Wildman–Crippen LogP) is 3.04. The zero-order valence-corrected chi connectivity index (χ0v) is 40.3. The summed E-state index contributed by atoms with van der Waals surface area (Å²) in [5.41, 5.74) is 21.3. The second kappa shape index (κ2) is 24.9. The topological polar surface area (TPSA) is 292 Å². The molecule has 1 aliphatic carbocycles. The summed E-state index contributed by atoms with van der Waals surface area (Å²) in [5.74, 6) is -1.39. The molecule has 5 amide bonds. The Hall–Kier alpha value is -7.14. The molecule has 3 aromatic carbocycles. The Bertz CT molecular complexity index is 2520. The quantitative estimate of drug-likeness (QED) is 0.0592. The van der Waals surface area contributed by atoms with Crippen LogP contribution in [0.3, 0.4) is 0 Å². The summed E-state index contributed by atoms with van der Waals surface area (Å²) < 4.78 is 18.5. The number of fused-ring (bicyclic) bond motifs is 5. The normalized spacial score (nSPS) is 17.8. The predicted molar refractivity (Wildman–Crippen MR) is 262 cm³/mol. The van der Waals surface area contributed by atoms with Crippen LogP contribution in [-0.2, 0) is 25.6 Å². The van der Waals surface area contributed by atoms with E-state index in [0.29, 0.717) is 51.0 Å². The number of likely N-dealkylation sites (N-methyl/N-ethyl adjacent to an activating group) is 1. The molecule has 70 heavy (non-hydrogen) atoms. The Labute approximate surface area is 408 Å². The Balaban J connectivity index is 1.33. The molecular weight excluding hydrogens is 895 g/mol. The van der Waals surface area contributed by atoms with Crippen LogP contribution in [0, 0.1) is 25.2 Å². The van der Waals surface area contributed by atoms with Gasteiger partial charge in [-0.25, -0.2) is 9.97 Å². The van der Waals surface area contributed by atoms with Crippen LogP contribution in [0.15, 0.2) is 60.7 Å². The number of benzene rings is 3. The molecule has 4 unspecified atom stereocenters. The van der Waals surface area contributed by atoms with Crippen molar-refractivity contribution in [3.63, 3.8) is 0 Å². The number of hydrogen-bond acceptors (Lipinski definition) is 14. The Kier molecular flexibility index (Phi) is 18.6. The first kappa shape index (κ1) is 52.2. The number of carbonyl (C=O) groups excluding carboxylic acids is 5. The van der Waals surface area contributed by atoms with Gasteiger partial charge in [0.25, 0.3) is 5.91 Å². The summed E-state index contributed by atoms with van der Waals surface area (Å²) in [6.45, 7) is 5.18. The maximum Gasteiger partial charge on any atom is 0.255 e. The lowest BCUT2D eigenvalue weighted by Gasteiger charge is -2.32. The van der Waals surface area contributed by atoms with Crippen molar-refractivity contribution in [2.24, 2.45) is 17.2 Å². The van der Waals surface area contributed by atoms with Crippen molar-refractivity contribution in [2.45, 2.75) is 102 Å². The molecule has 1 aromatic heterocycles. The van der Waals surface area contributed by atoms with E-state index in [1.54, 1.807) is 50.2 Å². The fourth-order valence-electron chi connectivity index (χ4n) is 8.77. The lowest BCUT2D eigenvalue weighted by atomic mass is 9.93. The van der Waals surface area contributed by atoms with Crippen LogP contribution in [-0.4, -0.2) is 115 Å². The molecule has 372 valence electrons. The van der Waals surface area contributed by atoms with E-state index < -0.39 is 53.7 Å². The number of ether oxygens (including phenoxy) is 3. The molecule has 2 aliphatic rings. The van der Waals surface area contributed by atoms with E-state index in [9.17, 15) is 29.2 Å². The molecular formula is C51H65N11O8. The first-order valence-corrected chi connectivity index (χ1v) is 23.8. The van der Waals surface area contributed by atoms with Gasteiger partial charge in [-0.05, 0) is 119 Å². The highest BCUT2D eigenvalue weighted by Crippen LogP contribution is 2.40. The molecule has 1 fully saturated rings. The summed E-state index contributed by atoms with van der Waals surface area (Å²) in [4.78, 5) is 81.3. The summed E-state index contributed by atoms with van der Waals surface area (Å²) in [7, 11) is 1.42. The summed E-state index contributed by atoms with van der Waals surface area (Å²) in [6.07, 6.45) is 7.05. The summed E-state index contributed by atoms with van der Waals surface area (Å²) in [6, 6.07) is 14.6. The van der Waals surface area contributed by atoms with E-state index in [0.717, 1.165) is 37.0 Å². The van der Waals surface area contributed by atoms with Crippen LogP contribution in [0.4, 0.5) is 0 Å². The summed E-state index contributed by atoms with van der Waals surface area (Å²) >= 11 is 0. The fourth-order valence-corrected chi connectivity index (χ4v) is 8.77. The van der Waals surface area contributed by atoms with Crippen LogP contribution in [0.25, 0.3) is 22.5 Å². The average molecular weight is 960 g/mol. The van der Waals surface area contributed by atoms with Gasteiger partial charge >= 0.3 is 0 Å². The number of nitriles is 1. The number of nitrogens with one attached hydrogen (secondary N) is 4. The fraction of sp³-hybridized carbons (Fsp3) is 0.451. The molecule has 1 saturated carbocycles. The van der Waals surface area contributed by atoms with Crippen molar-refractivity contribution in [3.8, 4) is 45.8 Å². The number of hydrogen-bond donors (Lipinski definition) is 7. The maximum atomic E-state index is 14.8. The highest BCUT2D eigenvalue weighted by molar-refractivity contribution is 6.00. The SMILES string of the molecule is Cc1nc(-c2ccc(OC3CCCCCC3)cc2)nc(C)c1C(=O)NC(CCN)C(=O)N(C)C1C(=O)NC(C)C(=O)NC(C(=O)NCC#N)Cc2ccc(OCCN)c(c2)-c2cc1ccc2OCCN. The zero-order chi connectivity index (χ0) is 50.3. The van der Waals surface area contributed by atoms with Gasteiger partial charge in [0, 0.05) is 43.2 Å². The molecule has 1 aliphatic heterocycles. The minimum absolute atomic E-state index is 0.000106. The van der Waals surface area contributed by atoms with Gasteiger partial charge in [0.05, 0.1) is 29.1 Å². The van der Waals surface area contributed by atoms with Crippen molar-refractivity contribution in [3.05, 3.63) is 88.7 Å². The molecule has 4 atom stereocenters. The van der Waals surface area contributed by atoms with Gasteiger partial charge in [-0.1, -0.05) is 25.0 Å². The molecule has 0 radical (unpaired) electrons. The molecule has 19 heteroatoms. The van der Waals surface area contributed by atoms with Gasteiger partial charge in [-0.3, -0.25) is 24.0 Å². The van der Waals surface area contributed by atoms with Crippen LogP contribution < -0.4 is 52.7 Å². The van der Waals surface area contributed by atoms with Gasteiger partial charge in [0.15, 0.2) is 5.82 Å². The van der Waals surface area contributed by atoms with Gasteiger partial charge in [0.1, 0.15) is 61.2 Å². The van der Waals surface area contributed by atoms with E-state index in [2.05, 4.69) is 31.2 Å². The molecule has 4 bridgehead atoms. The third-order valence-electron chi connectivity index (χ3n) is 12.3. The molecule has 6 rings (SSSR count). The van der Waals surface area contributed by atoms with Crippen molar-refractivity contribution >= 4 is 29.5 Å². The monoisotopic (exact) mass is 960 g/mol. The molecule has 4 aromatic rings. The van der Waals surface area contributed by atoms with E-state index >= 15 is 0 Å². The zero-order valence-electron chi connectivity index (χ0n) is 40.3. The molecule has 10 N–H and O–H groups in total. The Morgan fingerprint density at radius 1 is 0.843 bits per heavy atom. The minimum atomic E-state index is -1.41. The second-order valence-corrected chi connectivity index (χ2v) is 17.5.